The van der Waals surface area contributed by atoms with Crippen molar-refractivity contribution in [3.05, 3.63) is 177 Å². The maximum atomic E-state index is 13.3. The highest BCUT2D eigenvalue weighted by Crippen LogP contribution is 2.28. The Hall–Kier alpha value is -6.91. The molecule has 6 amide bonds. The lowest BCUT2D eigenvalue weighted by molar-refractivity contribution is 0.248. The third kappa shape index (κ3) is 11.8. The number of amides is 6. The predicted octanol–water partition coefficient (Wildman–Crippen LogP) is 11.7. The fraction of sp³-hybridized carbons (Fsp3) is 0.188. The summed E-state index contributed by atoms with van der Waals surface area (Å²) in [5.74, 6) is 0. The molecule has 0 heterocycles. The van der Waals surface area contributed by atoms with Crippen molar-refractivity contribution in [1.29, 1.82) is 0 Å². The fourth-order valence-corrected chi connectivity index (χ4v) is 6.58. The van der Waals surface area contributed by atoms with Crippen molar-refractivity contribution in [3.8, 4) is 0 Å². The van der Waals surface area contributed by atoms with Gasteiger partial charge in [0.1, 0.15) is 0 Å². The molecule has 10 nitrogen and oxygen atoms in total. The minimum Gasteiger partial charge on any atom is -0.308 e. The molecule has 0 aliphatic rings. The maximum Gasteiger partial charge on any atom is 0.323 e. The van der Waals surface area contributed by atoms with E-state index in [0.717, 1.165) is 50.1 Å². The molecule has 0 fully saturated rings. The monoisotopic (exact) mass is 773 g/mol. The third-order valence-electron chi connectivity index (χ3n) is 9.64. The Bertz CT molecular complexity index is 2120. The quantitative estimate of drug-likeness (QED) is 0.0740. The lowest BCUT2D eigenvalue weighted by Crippen LogP contribution is -2.27. The average Bonchev–Trinajstić information content (AvgIpc) is 3.17. The highest BCUT2D eigenvalue weighted by Gasteiger charge is 2.19. The topological polar surface area (TPSA) is 127 Å². The number of aryl methyl sites for hydroxylation is 6. The van der Waals surface area contributed by atoms with E-state index in [4.69, 9.17) is 0 Å². The molecule has 10 heteroatoms. The van der Waals surface area contributed by atoms with Crippen LogP contribution in [0.25, 0.3) is 0 Å². The van der Waals surface area contributed by atoms with Gasteiger partial charge in [-0.25, -0.2) is 14.4 Å². The molecule has 0 saturated heterocycles. The molecule has 0 unspecified atom stereocenters. The summed E-state index contributed by atoms with van der Waals surface area (Å²) in [7, 11) is 0. The minimum absolute atomic E-state index is 0.352. The van der Waals surface area contributed by atoms with E-state index < -0.39 is 0 Å². The standard InChI is InChI=1S/C48H51N7O3/c1-31-7-16-40(17-8-31)49-46(56)52-43-22-13-34(4)25-37(43)28-55(29-38-26-35(5)14-23-44(38)53-47(57)50-41-18-9-32(2)10-19-41)30-39-27-36(6)15-24-45(39)54-48(58)51-42-20-11-33(3)12-21-42/h7-27H,28-30H2,1-6H3,(H2,49,52,56)(H2,50,53,57)(H2,51,54,58). The van der Waals surface area contributed by atoms with Gasteiger partial charge in [0.15, 0.2) is 0 Å². The Morgan fingerprint density at radius 2 is 0.586 bits per heavy atom. The molecule has 0 atom stereocenters. The van der Waals surface area contributed by atoms with Crippen molar-refractivity contribution < 1.29 is 14.4 Å². The van der Waals surface area contributed by atoms with Crippen LogP contribution in [0.4, 0.5) is 48.5 Å². The van der Waals surface area contributed by atoms with Gasteiger partial charge in [-0.3, -0.25) is 4.90 Å². The first-order chi connectivity index (χ1) is 27.8. The number of anilines is 6. The molecular weight excluding hydrogens is 723 g/mol. The molecule has 0 aromatic heterocycles. The van der Waals surface area contributed by atoms with Crippen LogP contribution in [0.3, 0.4) is 0 Å². The van der Waals surface area contributed by atoms with Crippen molar-refractivity contribution in [1.82, 2.24) is 4.90 Å². The fourth-order valence-electron chi connectivity index (χ4n) is 6.58. The van der Waals surface area contributed by atoms with Crippen LogP contribution in [0, 0.1) is 41.5 Å². The molecule has 0 radical (unpaired) electrons. The molecule has 6 N–H and O–H groups in total. The normalized spacial score (nSPS) is 10.8. The summed E-state index contributed by atoms with van der Waals surface area (Å²) in [6.07, 6.45) is 0. The first-order valence-electron chi connectivity index (χ1n) is 19.3. The van der Waals surface area contributed by atoms with Gasteiger partial charge >= 0.3 is 18.1 Å². The Kier molecular flexibility index (Phi) is 13.2. The number of carbonyl (C=O) groups excluding carboxylic acids is 3. The molecule has 0 aliphatic heterocycles. The Morgan fingerprint density at radius 1 is 0.345 bits per heavy atom. The third-order valence-corrected chi connectivity index (χ3v) is 9.64. The van der Waals surface area contributed by atoms with Crippen LogP contribution in [0.2, 0.25) is 0 Å². The van der Waals surface area contributed by atoms with E-state index in [0.29, 0.717) is 53.8 Å². The summed E-state index contributed by atoms with van der Waals surface area (Å²) >= 11 is 0. The summed E-state index contributed by atoms with van der Waals surface area (Å²) in [6.45, 7) is 13.3. The number of benzene rings is 6. The number of hydrogen-bond acceptors (Lipinski definition) is 4. The zero-order valence-electron chi connectivity index (χ0n) is 33.9. The van der Waals surface area contributed by atoms with Gasteiger partial charge in [0, 0.05) is 53.8 Å². The number of nitrogens with zero attached hydrogens (tertiary/aromatic N) is 1. The van der Waals surface area contributed by atoms with Gasteiger partial charge in [-0.05, 0) is 113 Å². The number of hydrogen-bond donors (Lipinski definition) is 6. The van der Waals surface area contributed by atoms with Crippen LogP contribution in [0.5, 0.6) is 0 Å². The maximum absolute atomic E-state index is 13.3. The van der Waals surface area contributed by atoms with E-state index in [2.05, 4.69) is 55.0 Å². The second-order valence-corrected chi connectivity index (χ2v) is 15.0. The van der Waals surface area contributed by atoms with E-state index in [1.807, 2.05) is 151 Å². The smallest absolute Gasteiger partial charge is 0.308 e. The van der Waals surface area contributed by atoms with Crippen LogP contribution < -0.4 is 31.9 Å². The molecule has 0 saturated carbocycles. The van der Waals surface area contributed by atoms with E-state index >= 15 is 0 Å². The van der Waals surface area contributed by atoms with Crippen molar-refractivity contribution in [3.63, 3.8) is 0 Å². The van der Waals surface area contributed by atoms with E-state index in [9.17, 15) is 14.4 Å². The van der Waals surface area contributed by atoms with Crippen LogP contribution in [0.15, 0.2) is 127 Å². The molecule has 296 valence electrons. The van der Waals surface area contributed by atoms with Crippen molar-refractivity contribution in [2.45, 2.75) is 61.2 Å². The largest absolute Gasteiger partial charge is 0.323 e. The predicted molar refractivity (Wildman–Crippen MR) is 238 cm³/mol. The molecular formula is C48H51N7O3. The minimum atomic E-state index is -0.352. The number of urea groups is 3. The second-order valence-electron chi connectivity index (χ2n) is 15.0. The average molecular weight is 774 g/mol. The molecule has 6 rings (SSSR count). The Balaban J connectivity index is 1.30. The zero-order chi connectivity index (χ0) is 41.2. The molecule has 6 aromatic rings. The SMILES string of the molecule is Cc1ccc(NC(=O)Nc2ccc(C)cc2CN(Cc2cc(C)ccc2NC(=O)Nc2ccc(C)cc2)Cc2cc(C)ccc2NC(=O)Nc2ccc(C)cc2)cc1. The summed E-state index contributed by atoms with van der Waals surface area (Å²) in [5, 5.41) is 18.0. The summed E-state index contributed by atoms with van der Waals surface area (Å²) < 4.78 is 0. The Morgan fingerprint density at radius 3 is 0.845 bits per heavy atom. The van der Waals surface area contributed by atoms with Crippen LogP contribution in [0.1, 0.15) is 50.1 Å². The van der Waals surface area contributed by atoms with Crippen LogP contribution in [-0.4, -0.2) is 23.0 Å². The van der Waals surface area contributed by atoms with E-state index in [1.54, 1.807) is 0 Å². The molecule has 6 aromatic carbocycles. The second kappa shape index (κ2) is 18.8. The number of rotatable bonds is 12. The van der Waals surface area contributed by atoms with Crippen molar-refractivity contribution in [2.75, 3.05) is 31.9 Å². The first-order valence-corrected chi connectivity index (χ1v) is 19.3. The van der Waals surface area contributed by atoms with Gasteiger partial charge in [-0.15, -0.1) is 0 Å². The number of carbonyl (C=O) groups is 3. The molecule has 0 spiro atoms. The van der Waals surface area contributed by atoms with Gasteiger partial charge in [-0.1, -0.05) is 106 Å². The van der Waals surface area contributed by atoms with Crippen molar-refractivity contribution in [2.24, 2.45) is 0 Å². The van der Waals surface area contributed by atoms with Crippen molar-refractivity contribution >= 4 is 52.2 Å². The molecule has 0 aliphatic carbocycles. The zero-order valence-corrected chi connectivity index (χ0v) is 33.9. The van der Waals surface area contributed by atoms with Crippen LogP contribution in [-0.2, 0) is 19.6 Å². The van der Waals surface area contributed by atoms with Gasteiger partial charge < -0.3 is 31.9 Å². The molecule has 58 heavy (non-hydrogen) atoms. The number of nitrogens with one attached hydrogen (secondary N) is 6. The van der Waals surface area contributed by atoms with Crippen LogP contribution >= 0.6 is 0 Å². The van der Waals surface area contributed by atoms with Gasteiger partial charge in [0.2, 0.25) is 0 Å². The van der Waals surface area contributed by atoms with Gasteiger partial charge in [0.05, 0.1) is 0 Å². The molecule has 0 bridgehead atoms. The highest BCUT2D eigenvalue weighted by atomic mass is 16.2. The van der Waals surface area contributed by atoms with E-state index in [-0.39, 0.29) is 18.1 Å². The summed E-state index contributed by atoms with van der Waals surface area (Å²) in [6, 6.07) is 39.8. The lowest BCUT2D eigenvalue weighted by Gasteiger charge is -2.27. The first kappa shape index (κ1) is 40.7. The Labute approximate surface area is 341 Å². The highest BCUT2D eigenvalue weighted by molar-refractivity contribution is 6.01. The summed E-state index contributed by atoms with van der Waals surface area (Å²) in [4.78, 5) is 42.2. The van der Waals surface area contributed by atoms with Gasteiger partial charge in [0.25, 0.3) is 0 Å². The summed E-state index contributed by atoms with van der Waals surface area (Å²) in [5.41, 5.74) is 13.2. The lowest BCUT2D eigenvalue weighted by atomic mass is 10.0. The van der Waals surface area contributed by atoms with E-state index in [1.165, 1.54) is 0 Å². The van der Waals surface area contributed by atoms with Gasteiger partial charge in [-0.2, -0.15) is 0 Å².